The SMILES string of the molecule is CC(CCc1ccccc1)NC(=O)COC(=O)c1ccc(Br)o1. The van der Waals surface area contributed by atoms with E-state index in [1.807, 2.05) is 25.1 Å². The molecule has 1 atom stereocenters. The van der Waals surface area contributed by atoms with E-state index >= 15 is 0 Å². The van der Waals surface area contributed by atoms with Gasteiger partial charge < -0.3 is 14.5 Å². The van der Waals surface area contributed by atoms with Crippen molar-refractivity contribution in [1.29, 1.82) is 0 Å². The van der Waals surface area contributed by atoms with Gasteiger partial charge in [-0.25, -0.2) is 4.79 Å². The third-order valence-electron chi connectivity index (χ3n) is 3.22. The van der Waals surface area contributed by atoms with E-state index in [1.54, 1.807) is 6.07 Å². The van der Waals surface area contributed by atoms with Crippen molar-refractivity contribution in [2.24, 2.45) is 0 Å². The van der Waals surface area contributed by atoms with E-state index in [4.69, 9.17) is 9.15 Å². The van der Waals surface area contributed by atoms with E-state index in [2.05, 4.69) is 33.4 Å². The molecule has 2 aromatic rings. The maximum absolute atomic E-state index is 11.8. The lowest BCUT2D eigenvalue weighted by Crippen LogP contribution is -2.36. The summed E-state index contributed by atoms with van der Waals surface area (Å²) in [6.45, 7) is 1.60. The second-order valence-corrected chi connectivity index (χ2v) is 5.95. The molecule has 122 valence electrons. The van der Waals surface area contributed by atoms with Gasteiger partial charge in [-0.3, -0.25) is 4.79 Å². The van der Waals surface area contributed by atoms with E-state index in [9.17, 15) is 9.59 Å². The number of aryl methyl sites for hydroxylation is 1. The fraction of sp³-hybridized carbons (Fsp3) is 0.294. The maximum atomic E-state index is 11.8. The summed E-state index contributed by atoms with van der Waals surface area (Å²) >= 11 is 3.10. The van der Waals surface area contributed by atoms with Crippen LogP contribution in [-0.2, 0) is 16.0 Å². The Balaban J connectivity index is 1.68. The van der Waals surface area contributed by atoms with Crippen molar-refractivity contribution in [2.45, 2.75) is 25.8 Å². The molecule has 23 heavy (non-hydrogen) atoms. The van der Waals surface area contributed by atoms with Crippen molar-refractivity contribution in [3.63, 3.8) is 0 Å². The van der Waals surface area contributed by atoms with Crippen molar-refractivity contribution in [2.75, 3.05) is 6.61 Å². The zero-order chi connectivity index (χ0) is 16.7. The van der Waals surface area contributed by atoms with Crippen molar-refractivity contribution in [3.8, 4) is 0 Å². The average Bonchev–Trinajstić information content (AvgIpc) is 2.98. The molecule has 0 saturated carbocycles. The molecule has 0 bridgehead atoms. The lowest BCUT2D eigenvalue weighted by atomic mass is 10.1. The van der Waals surface area contributed by atoms with E-state index in [0.29, 0.717) is 4.67 Å². The molecular weight excluding hydrogens is 362 g/mol. The molecule has 0 aliphatic rings. The Kier molecular flexibility index (Phi) is 6.40. The van der Waals surface area contributed by atoms with Gasteiger partial charge in [-0.2, -0.15) is 0 Å². The van der Waals surface area contributed by atoms with E-state index in [0.717, 1.165) is 12.8 Å². The molecular formula is C17H18BrNO4. The minimum absolute atomic E-state index is 0.000773. The maximum Gasteiger partial charge on any atom is 0.374 e. The normalized spacial score (nSPS) is 11.7. The van der Waals surface area contributed by atoms with Crippen molar-refractivity contribution in [3.05, 3.63) is 58.5 Å². The van der Waals surface area contributed by atoms with E-state index in [1.165, 1.54) is 11.6 Å². The number of carbonyl (C=O) groups excluding carboxylic acids is 2. The third-order valence-corrected chi connectivity index (χ3v) is 3.65. The first kappa shape index (κ1) is 17.3. The van der Waals surface area contributed by atoms with Gasteiger partial charge in [0.1, 0.15) is 0 Å². The molecule has 2 rings (SSSR count). The fourth-order valence-electron chi connectivity index (χ4n) is 2.04. The number of hydrogen-bond donors (Lipinski definition) is 1. The number of rotatable bonds is 7. The number of furan rings is 1. The van der Waals surface area contributed by atoms with Crippen LogP contribution in [0.4, 0.5) is 0 Å². The van der Waals surface area contributed by atoms with Crippen molar-refractivity contribution < 1.29 is 18.7 Å². The summed E-state index contributed by atoms with van der Waals surface area (Å²) in [4.78, 5) is 23.4. The number of nitrogens with one attached hydrogen (secondary N) is 1. The molecule has 1 N–H and O–H groups in total. The summed E-state index contributed by atoms with van der Waals surface area (Å²) in [6, 6.07) is 13.1. The molecule has 0 fully saturated rings. The van der Waals surface area contributed by atoms with Gasteiger partial charge in [0.2, 0.25) is 5.76 Å². The summed E-state index contributed by atoms with van der Waals surface area (Å²) in [5.74, 6) is -0.936. The Morgan fingerprint density at radius 2 is 1.96 bits per heavy atom. The highest BCUT2D eigenvalue weighted by atomic mass is 79.9. The lowest BCUT2D eigenvalue weighted by molar-refractivity contribution is -0.124. The highest BCUT2D eigenvalue weighted by Crippen LogP contribution is 2.14. The molecule has 0 saturated heterocycles. The van der Waals surface area contributed by atoms with Crippen LogP contribution in [0.1, 0.15) is 29.5 Å². The number of amides is 1. The molecule has 0 aliphatic heterocycles. The lowest BCUT2D eigenvalue weighted by Gasteiger charge is -2.13. The van der Waals surface area contributed by atoms with Gasteiger partial charge in [-0.05, 0) is 53.4 Å². The topological polar surface area (TPSA) is 68.5 Å². The predicted molar refractivity (Wildman–Crippen MR) is 89.1 cm³/mol. The molecule has 1 aromatic carbocycles. The van der Waals surface area contributed by atoms with Gasteiger partial charge in [-0.15, -0.1) is 0 Å². The van der Waals surface area contributed by atoms with E-state index < -0.39 is 5.97 Å². The van der Waals surface area contributed by atoms with Crippen LogP contribution in [0.15, 0.2) is 51.6 Å². The van der Waals surface area contributed by atoms with Gasteiger partial charge in [0.05, 0.1) is 0 Å². The van der Waals surface area contributed by atoms with Gasteiger partial charge in [0.15, 0.2) is 11.3 Å². The zero-order valence-corrected chi connectivity index (χ0v) is 14.3. The van der Waals surface area contributed by atoms with Crippen LogP contribution >= 0.6 is 15.9 Å². The largest absolute Gasteiger partial charge is 0.450 e. The second-order valence-electron chi connectivity index (χ2n) is 5.17. The molecule has 5 nitrogen and oxygen atoms in total. The highest BCUT2D eigenvalue weighted by molar-refractivity contribution is 9.10. The second kappa shape index (κ2) is 8.53. The van der Waals surface area contributed by atoms with Crippen molar-refractivity contribution >= 4 is 27.8 Å². The molecule has 1 amide bonds. The molecule has 1 unspecified atom stereocenters. The van der Waals surface area contributed by atoms with Gasteiger partial charge in [0.25, 0.3) is 5.91 Å². The summed E-state index contributed by atoms with van der Waals surface area (Å²) in [5, 5.41) is 2.81. The van der Waals surface area contributed by atoms with E-state index in [-0.39, 0.29) is 24.3 Å². The van der Waals surface area contributed by atoms with Crippen molar-refractivity contribution in [1.82, 2.24) is 5.32 Å². The van der Waals surface area contributed by atoms with Crippen LogP contribution < -0.4 is 5.32 Å². The number of hydrogen-bond acceptors (Lipinski definition) is 4. The molecule has 0 spiro atoms. The summed E-state index contributed by atoms with van der Waals surface area (Å²) in [7, 11) is 0. The van der Waals surface area contributed by atoms with Gasteiger partial charge in [-0.1, -0.05) is 30.3 Å². The van der Waals surface area contributed by atoms with Gasteiger partial charge in [0, 0.05) is 6.04 Å². The highest BCUT2D eigenvalue weighted by Gasteiger charge is 2.15. The quantitative estimate of drug-likeness (QED) is 0.749. The fourth-order valence-corrected chi connectivity index (χ4v) is 2.35. The van der Waals surface area contributed by atoms with Crippen LogP contribution in [0.2, 0.25) is 0 Å². The molecule has 1 heterocycles. The number of carbonyl (C=O) groups is 2. The van der Waals surface area contributed by atoms with Crippen LogP contribution in [0.5, 0.6) is 0 Å². The Morgan fingerprint density at radius 1 is 1.22 bits per heavy atom. The standard InChI is InChI=1S/C17H18BrNO4/c1-12(7-8-13-5-3-2-4-6-13)19-16(20)11-22-17(21)14-9-10-15(18)23-14/h2-6,9-10,12H,7-8,11H2,1H3,(H,19,20). The van der Waals surface area contributed by atoms with Crippen LogP contribution in [0.25, 0.3) is 0 Å². The first-order valence-electron chi connectivity index (χ1n) is 7.30. The molecule has 6 heteroatoms. The van der Waals surface area contributed by atoms with Crippen LogP contribution in [0, 0.1) is 0 Å². The number of ether oxygens (including phenoxy) is 1. The average molecular weight is 380 g/mol. The minimum atomic E-state index is -0.664. The molecule has 1 aromatic heterocycles. The minimum Gasteiger partial charge on any atom is -0.450 e. The third kappa shape index (κ3) is 5.90. The first-order chi connectivity index (χ1) is 11.0. The summed E-state index contributed by atoms with van der Waals surface area (Å²) in [5.41, 5.74) is 1.23. The zero-order valence-electron chi connectivity index (χ0n) is 12.8. The number of esters is 1. The first-order valence-corrected chi connectivity index (χ1v) is 8.09. The monoisotopic (exact) mass is 379 g/mol. The van der Waals surface area contributed by atoms with Gasteiger partial charge >= 0.3 is 5.97 Å². The number of halogens is 1. The molecule has 0 aliphatic carbocycles. The molecule has 0 radical (unpaired) electrons. The number of benzene rings is 1. The summed E-state index contributed by atoms with van der Waals surface area (Å²) in [6.07, 6.45) is 1.69. The Hall–Kier alpha value is -2.08. The smallest absolute Gasteiger partial charge is 0.374 e. The van der Waals surface area contributed by atoms with Crippen LogP contribution in [0.3, 0.4) is 0 Å². The Labute approximate surface area is 143 Å². The van der Waals surface area contributed by atoms with Crippen LogP contribution in [-0.4, -0.2) is 24.5 Å². The Morgan fingerprint density at radius 3 is 2.61 bits per heavy atom. The summed E-state index contributed by atoms with van der Waals surface area (Å²) < 4.78 is 10.4. The predicted octanol–water partition coefficient (Wildman–Crippen LogP) is 3.34. The Bertz CT molecular complexity index is 654.